The van der Waals surface area contributed by atoms with Gasteiger partial charge in [-0.05, 0) is 26.0 Å². The fraction of sp³-hybridized carbons (Fsp3) is 0.308. The molecule has 0 unspecified atom stereocenters. The van der Waals surface area contributed by atoms with Gasteiger partial charge in [0.2, 0.25) is 5.95 Å². The molecular formula is C13H17N5O2S. The third kappa shape index (κ3) is 3.27. The summed E-state index contributed by atoms with van der Waals surface area (Å²) in [5.41, 5.74) is 0.559. The molecule has 0 saturated heterocycles. The van der Waals surface area contributed by atoms with Gasteiger partial charge >= 0.3 is 0 Å². The summed E-state index contributed by atoms with van der Waals surface area (Å²) in [5.74, 6) is 0.406. The summed E-state index contributed by atoms with van der Waals surface area (Å²) in [5, 5.41) is 2.92. The van der Waals surface area contributed by atoms with Crippen LogP contribution in [0.4, 0.5) is 11.6 Å². The number of aromatic nitrogens is 3. The van der Waals surface area contributed by atoms with E-state index < -0.39 is 10.0 Å². The molecule has 0 bridgehead atoms. The van der Waals surface area contributed by atoms with Crippen molar-refractivity contribution < 1.29 is 8.42 Å². The molecule has 8 heteroatoms. The van der Waals surface area contributed by atoms with Crippen LogP contribution in [0, 0.1) is 0 Å². The maximum atomic E-state index is 12.6. The van der Waals surface area contributed by atoms with Gasteiger partial charge in [-0.15, -0.1) is 0 Å². The van der Waals surface area contributed by atoms with Gasteiger partial charge in [0.15, 0.2) is 0 Å². The zero-order valence-corrected chi connectivity index (χ0v) is 12.7. The molecule has 2 aromatic rings. The Hall–Kier alpha value is -2.22. The first-order chi connectivity index (χ1) is 10.1. The van der Waals surface area contributed by atoms with Crippen LogP contribution in [-0.4, -0.2) is 36.5 Å². The Morgan fingerprint density at radius 3 is 2.29 bits per heavy atom. The van der Waals surface area contributed by atoms with Gasteiger partial charge in [0, 0.05) is 25.5 Å². The van der Waals surface area contributed by atoms with Crippen molar-refractivity contribution in [3.8, 4) is 0 Å². The van der Waals surface area contributed by atoms with E-state index in [4.69, 9.17) is 0 Å². The van der Waals surface area contributed by atoms with Crippen LogP contribution in [-0.2, 0) is 10.0 Å². The SMILES string of the molecule is CCNc1ncc(S(=O)(=O)N(CC)c2ccncc2)cn1. The highest BCUT2D eigenvalue weighted by Gasteiger charge is 2.24. The van der Waals surface area contributed by atoms with Crippen molar-refractivity contribution in [2.24, 2.45) is 0 Å². The fourth-order valence-electron chi connectivity index (χ4n) is 1.83. The van der Waals surface area contributed by atoms with Crippen LogP contribution in [0.3, 0.4) is 0 Å². The van der Waals surface area contributed by atoms with E-state index in [1.165, 1.54) is 16.7 Å². The first-order valence-corrected chi connectivity index (χ1v) is 8.02. The monoisotopic (exact) mass is 307 g/mol. The first-order valence-electron chi connectivity index (χ1n) is 6.58. The molecule has 21 heavy (non-hydrogen) atoms. The van der Waals surface area contributed by atoms with E-state index in [0.717, 1.165) is 0 Å². The molecule has 0 aliphatic carbocycles. The summed E-state index contributed by atoms with van der Waals surface area (Å²) >= 11 is 0. The molecule has 0 fully saturated rings. The van der Waals surface area contributed by atoms with Crippen LogP contribution in [0.25, 0.3) is 0 Å². The van der Waals surface area contributed by atoms with Crippen molar-refractivity contribution in [3.05, 3.63) is 36.9 Å². The van der Waals surface area contributed by atoms with E-state index in [2.05, 4.69) is 20.3 Å². The maximum absolute atomic E-state index is 12.6. The van der Waals surface area contributed by atoms with Crippen LogP contribution >= 0.6 is 0 Å². The molecule has 0 aromatic carbocycles. The molecule has 1 N–H and O–H groups in total. The Balaban J connectivity index is 2.35. The lowest BCUT2D eigenvalue weighted by Gasteiger charge is -2.22. The molecule has 0 amide bonds. The van der Waals surface area contributed by atoms with E-state index in [-0.39, 0.29) is 4.90 Å². The fourth-order valence-corrected chi connectivity index (χ4v) is 3.19. The number of hydrogen-bond donors (Lipinski definition) is 1. The van der Waals surface area contributed by atoms with E-state index in [1.54, 1.807) is 31.5 Å². The minimum atomic E-state index is -3.68. The number of sulfonamides is 1. The number of anilines is 2. The molecule has 2 aromatic heterocycles. The van der Waals surface area contributed by atoms with E-state index in [0.29, 0.717) is 24.7 Å². The van der Waals surface area contributed by atoms with Crippen LogP contribution in [0.1, 0.15) is 13.8 Å². The van der Waals surface area contributed by atoms with Gasteiger partial charge in [0.25, 0.3) is 10.0 Å². The number of nitrogens with one attached hydrogen (secondary N) is 1. The molecule has 2 rings (SSSR count). The quantitative estimate of drug-likeness (QED) is 0.870. The molecule has 0 saturated carbocycles. The van der Waals surface area contributed by atoms with Crippen molar-refractivity contribution in [1.82, 2.24) is 15.0 Å². The van der Waals surface area contributed by atoms with Crippen LogP contribution in [0.2, 0.25) is 0 Å². The number of pyridine rings is 1. The average molecular weight is 307 g/mol. The van der Waals surface area contributed by atoms with E-state index >= 15 is 0 Å². The van der Waals surface area contributed by atoms with Gasteiger partial charge in [-0.1, -0.05) is 0 Å². The molecule has 7 nitrogen and oxygen atoms in total. The average Bonchev–Trinajstić information content (AvgIpc) is 2.50. The largest absolute Gasteiger partial charge is 0.355 e. The Morgan fingerprint density at radius 1 is 1.14 bits per heavy atom. The van der Waals surface area contributed by atoms with Gasteiger partial charge < -0.3 is 5.32 Å². The Labute approximate surface area is 124 Å². The third-order valence-electron chi connectivity index (χ3n) is 2.79. The topological polar surface area (TPSA) is 88.1 Å². The van der Waals surface area contributed by atoms with Gasteiger partial charge in [-0.2, -0.15) is 0 Å². The second-order valence-electron chi connectivity index (χ2n) is 4.15. The summed E-state index contributed by atoms with van der Waals surface area (Å²) in [6.07, 6.45) is 5.73. The number of hydrogen-bond acceptors (Lipinski definition) is 6. The molecule has 0 aliphatic heterocycles. The minimum absolute atomic E-state index is 0.0582. The van der Waals surface area contributed by atoms with Crippen LogP contribution < -0.4 is 9.62 Å². The predicted molar refractivity (Wildman–Crippen MR) is 80.6 cm³/mol. The normalized spacial score (nSPS) is 11.1. The second-order valence-corrected chi connectivity index (χ2v) is 6.01. The van der Waals surface area contributed by atoms with Crippen molar-refractivity contribution in [2.45, 2.75) is 18.7 Å². The lowest BCUT2D eigenvalue weighted by atomic mass is 10.4. The molecule has 112 valence electrons. The van der Waals surface area contributed by atoms with Crippen molar-refractivity contribution in [1.29, 1.82) is 0 Å². The molecule has 2 heterocycles. The second kappa shape index (κ2) is 6.49. The lowest BCUT2D eigenvalue weighted by molar-refractivity contribution is 0.591. The summed E-state index contributed by atoms with van der Waals surface area (Å²) in [6, 6.07) is 3.30. The summed E-state index contributed by atoms with van der Waals surface area (Å²) in [6.45, 7) is 4.66. The summed E-state index contributed by atoms with van der Waals surface area (Å²) < 4.78 is 26.6. The lowest BCUT2D eigenvalue weighted by Crippen LogP contribution is -2.31. The smallest absolute Gasteiger partial charge is 0.267 e. The van der Waals surface area contributed by atoms with E-state index in [1.807, 2.05) is 6.92 Å². The third-order valence-corrected chi connectivity index (χ3v) is 4.64. The van der Waals surface area contributed by atoms with E-state index in [9.17, 15) is 8.42 Å². The highest BCUT2D eigenvalue weighted by molar-refractivity contribution is 7.92. The van der Waals surface area contributed by atoms with Gasteiger partial charge in [-0.25, -0.2) is 18.4 Å². The summed E-state index contributed by atoms with van der Waals surface area (Å²) in [7, 11) is -3.68. The van der Waals surface area contributed by atoms with Gasteiger partial charge in [-0.3, -0.25) is 9.29 Å². The molecule has 0 atom stereocenters. The summed E-state index contributed by atoms with van der Waals surface area (Å²) in [4.78, 5) is 12.0. The van der Waals surface area contributed by atoms with Gasteiger partial charge in [0.05, 0.1) is 18.1 Å². The molecule has 0 radical (unpaired) electrons. The Bertz CT molecular complexity index is 673. The molecule has 0 spiro atoms. The maximum Gasteiger partial charge on any atom is 0.267 e. The van der Waals surface area contributed by atoms with Crippen LogP contribution in [0.5, 0.6) is 0 Å². The Kier molecular flexibility index (Phi) is 4.69. The Morgan fingerprint density at radius 2 is 1.76 bits per heavy atom. The minimum Gasteiger partial charge on any atom is -0.355 e. The number of nitrogens with zero attached hydrogens (tertiary/aromatic N) is 4. The molecule has 0 aliphatic rings. The highest BCUT2D eigenvalue weighted by Crippen LogP contribution is 2.22. The van der Waals surface area contributed by atoms with Crippen molar-refractivity contribution >= 4 is 21.7 Å². The molecular weight excluding hydrogens is 290 g/mol. The van der Waals surface area contributed by atoms with Crippen LogP contribution in [0.15, 0.2) is 41.8 Å². The van der Waals surface area contributed by atoms with Crippen molar-refractivity contribution in [2.75, 3.05) is 22.7 Å². The standard InChI is InChI=1S/C13H17N5O2S/c1-3-15-13-16-9-12(10-17-13)21(19,20)18(4-2)11-5-7-14-8-6-11/h5-10H,3-4H2,1-2H3,(H,15,16,17). The predicted octanol–water partition coefficient (Wildman–Crippen LogP) is 1.52. The number of rotatable bonds is 6. The zero-order valence-electron chi connectivity index (χ0n) is 11.9. The first kappa shape index (κ1) is 15.2. The van der Waals surface area contributed by atoms with Crippen molar-refractivity contribution in [3.63, 3.8) is 0 Å². The highest BCUT2D eigenvalue weighted by atomic mass is 32.2. The van der Waals surface area contributed by atoms with Gasteiger partial charge in [0.1, 0.15) is 4.90 Å². The zero-order chi connectivity index (χ0) is 15.3.